The smallest absolute Gasteiger partial charge is 0.338 e. The van der Waals surface area contributed by atoms with E-state index in [1.807, 2.05) is 0 Å². The summed E-state index contributed by atoms with van der Waals surface area (Å²) in [5.74, 6) is -14.0. The lowest BCUT2D eigenvalue weighted by Gasteiger charge is -2.26. The fourth-order valence-electron chi connectivity index (χ4n) is 3.04. The topological polar surface area (TPSA) is 102 Å². The maximum atomic E-state index is 13.7. The summed E-state index contributed by atoms with van der Waals surface area (Å²) in [6, 6.07) is 3.63. The van der Waals surface area contributed by atoms with E-state index in [9.17, 15) is 40.0 Å². The summed E-state index contributed by atoms with van der Waals surface area (Å²) in [6.07, 6.45) is 0. The van der Waals surface area contributed by atoms with Crippen LogP contribution in [-0.2, 0) is 24.3 Å². The highest BCUT2D eigenvalue weighted by Gasteiger charge is 2.29. The van der Waals surface area contributed by atoms with Gasteiger partial charge in [0, 0.05) is 13.1 Å². The molecule has 0 radical (unpaired) electrons. The number of carbonyl (C=O) groups excluding carboxylic acids is 2. The molecule has 0 atom stereocenters. The van der Waals surface area contributed by atoms with Gasteiger partial charge in [0.1, 0.15) is 5.69 Å². The standard InChI is InChI=1S/C20H17F5N2O6S/c1-10-2-3-11(8-12(10)34(30,31)27-4-6-32-7-5-27)20(29)33-9-13(28)26-19-17(24)15(22)14(21)16(23)18(19)25/h2-3,8H,4-7,9H2,1H3,(H,26,28). The third kappa shape index (κ3) is 5.03. The molecule has 1 amide bonds. The predicted octanol–water partition coefficient (Wildman–Crippen LogP) is 2.51. The van der Waals surface area contributed by atoms with Crippen LogP contribution in [0.3, 0.4) is 0 Å². The molecular weight excluding hydrogens is 491 g/mol. The van der Waals surface area contributed by atoms with E-state index < -0.39 is 63.3 Å². The first-order valence-corrected chi connectivity index (χ1v) is 11.1. The van der Waals surface area contributed by atoms with Crippen LogP contribution in [0.2, 0.25) is 0 Å². The van der Waals surface area contributed by atoms with Crippen molar-refractivity contribution in [3.05, 3.63) is 58.4 Å². The number of nitrogens with one attached hydrogen (secondary N) is 1. The zero-order valence-corrected chi connectivity index (χ0v) is 18.3. The van der Waals surface area contributed by atoms with Crippen molar-refractivity contribution in [3.8, 4) is 0 Å². The van der Waals surface area contributed by atoms with Crippen LogP contribution in [0.1, 0.15) is 15.9 Å². The van der Waals surface area contributed by atoms with Crippen LogP contribution >= 0.6 is 0 Å². The fourth-order valence-corrected chi connectivity index (χ4v) is 4.69. The summed E-state index contributed by atoms with van der Waals surface area (Å²) >= 11 is 0. The molecular formula is C20H17F5N2O6S. The molecule has 0 aromatic heterocycles. The Balaban J connectivity index is 1.72. The van der Waals surface area contributed by atoms with Crippen LogP contribution in [-0.4, -0.2) is 57.5 Å². The number of benzene rings is 2. The molecule has 1 fully saturated rings. The molecule has 34 heavy (non-hydrogen) atoms. The van der Waals surface area contributed by atoms with E-state index in [0.717, 1.165) is 6.07 Å². The summed E-state index contributed by atoms with van der Waals surface area (Å²) in [4.78, 5) is 24.0. The number of hydrogen-bond acceptors (Lipinski definition) is 6. The van der Waals surface area contributed by atoms with Crippen LogP contribution in [0, 0.1) is 36.0 Å². The maximum Gasteiger partial charge on any atom is 0.338 e. The molecule has 1 aliphatic rings. The molecule has 1 saturated heterocycles. The van der Waals surface area contributed by atoms with Crippen molar-refractivity contribution < 1.29 is 49.4 Å². The number of rotatable bonds is 6. The Morgan fingerprint density at radius 2 is 1.56 bits per heavy atom. The third-order valence-corrected chi connectivity index (χ3v) is 6.86. The van der Waals surface area contributed by atoms with Gasteiger partial charge in [-0.2, -0.15) is 4.31 Å². The minimum atomic E-state index is -3.96. The Bertz CT molecular complexity index is 1220. The average Bonchev–Trinajstić information content (AvgIpc) is 2.83. The molecule has 2 aromatic carbocycles. The van der Waals surface area contributed by atoms with Crippen LogP contribution in [0.5, 0.6) is 0 Å². The highest BCUT2D eigenvalue weighted by atomic mass is 32.2. The van der Waals surface area contributed by atoms with Crippen LogP contribution in [0.4, 0.5) is 27.6 Å². The summed E-state index contributed by atoms with van der Waals surface area (Å²) < 4.78 is 104. The van der Waals surface area contributed by atoms with Gasteiger partial charge in [0.05, 0.1) is 23.7 Å². The van der Waals surface area contributed by atoms with E-state index in [0.29, 0.717) is 5.56 Å². The molecule has 0 saturated carbocycles. The largest absolute Gasteiger partial charge is 0.452 e. The molecule has 1 heterocycles. The van der Waals surface area contributed by atoms with E-state index in [-0.39, 0.29) is 36.8 Å². The van der Waals surface area contributed by atoms with E-state index in [1.165, 1.54) is 28.7 Å². The van der Waals surface area contributed by atoms with Gasteiger partial charge >= 0.3 is 5.97 Å². The maximum absolute atomic E-state index is 13.7. The van der Waals surface area contributed by atoms with Crippen molar-refractivity contribution in [2.24, 2.45) is 0 Å². The normalized spacial score (nSPS) is 14.6. The summed E-state index contributed by atoms with van der Waals surface area (Å²) in [6.45, 7) is 1.01. The first-order chi connectivity index (χ1) is 15.9. The fraction of sp³-hybridized carbons (Fsp3) is 0.300. The zero-order chi connectivity index (χ0) is 25.2. The number of carbonyl (C=O) groups is 2. The van der Waals surface area contributed by atoms with Crippen molar-refractivity contribution >= 4 is 27.6 Å². The second-order valence-corrected chi connectivity index (χ2v) is 8.97. The number of anilines is 1. The van der Waals surface area contributed by atoms with Crippen molar-refractivity contribution in [2.45, 2.75) is 11.8 Å². The van der Waals surface area contributed by atoms with Gasteiger partial charge in [-0.05, 0) is 24.6 Å². The molecule has 1 N–H and O–H groups in total. The summed E-state index contributed by atoms with van der Waals surface area (Å²) in [5.41, 5.74) is -1.51. The molecule has 184 valence electrons. The number of halogens is 5. The van der Waals surface area contributed by atoms with Crippen LogP contribution < -0.4 is 5.32 Å². The number of sulfonamides is 1. The molecule has 1 aliphatic heterocycles. The number of esters is 1. The molecule has 0 unspecified atom stereocenters. The Labute approximate surface area is 190 Å². The van der Waals surface area contributed by atoms with Gasteiger partial charge < -0.3 is 14.8 Å². The Hall–Kier alpha value is -3.10. The van der Waals surface area contributed by atoms with E-state index in [4.69, 9.17) is 9.47 Å². The number of hydrogen-bond donors (Lipinski definition) is 1. The molecule has 0 aliphatic carbocycles. The lowest BCUT2D eigenvalue weighted by Crippen LogP contribution is -2.40. The third-order valence-electron chi connectivity index (χ3n) is 4.82. The van der Waals surface area contributed by atoms with Crippen molar-refractivity contribution in [2.75, 3.05) is 38.2 Å². The van der Waals surface area contributed by atoms with Crippen LogP contribution in [0.15, 0.2) is 23.1 Å². The van der Waals surface area contributed by atoms with Gasteiger partial charge in [0.25, 0.3) is 5.91 Å². The van der Waals surface area contributed by atoms with Gasteiger partial charge in [-0.25, -0.2) is 35.2 Å². The first-order valence-electron chi connectivity index (χ1n) is 9.62. The molecule has 0 bridgehead atoms. The van der Waals surface area contributed by atoms with Gasteiger partial charge in [-0.3, -0.25) is 4.79 Å². The second-order valence-electron chi connectivity index (χ2n) is 7.07. The quantitative estimate of drug-likeness (QED) is 0.279. The minimum Gasteiger partial charge on any atom is -0.452 e. The monoisotopic (exact) mass is 508 g/mol. The van der Waals surface area contributed by atoms with Crippen molar-refractivity contribution in [3.63, 3.8) is 0 Å². The lowest BCUT2D eigenvalue weighted by atomic mass is 10.1. The highest BCUT2D eigenvalue weighted by Crippen LogP contribution is 2.27. The Kier molecular flexibility index (Phi) is 7.53. The SMILES string of the molecule is Cc1ccc(C(=O)OCC(=O)Nc2c(F)c(F)c(F)c(F)c2F)cc1S(=O)(=O)N1CCOCC1. The molecule has 0 spiro atoms. The first kappa shape index (κ1) is 25.5. The number of amides is 1. The van der Waals surface area contributed by atoms with E-state index in [2.05, 4.69) is 0 Å². The second kappa shape index (κ2) is 10.0. The molecule has 3 rings (SSSR count). The number of ether oxygens (including phenoxy) is 2. The lowest BCUT2D eigenvalue weighted by molar-refractivity contribution is -0.119. The van der Waals surface area contributed by atoms with E-state index in [1.54, 1.807) is 0 Å². The van der Waals surface area contributed by atoms with Gasteiger partial charge in [0.2, 0.25) is 15.8 Å². The number of morpholine rings is 1. The van der Waals surface area contributed by atoms with Crippen LogP contribution in [0.25, 0.3) is 0 Å². The van der Waals surface area contributed by atoms with E-state index >= 15 is 0 Å². The Morgan fingerprint density at radius 3 is 2.15 bits per heavy atom. The van der Waals surface area contributed by atoms with Gasteiger partial charge in [-0.15, -0.1) is 0 Å². The van der Waals surface area contributed by atoms with Gasteiger partial charge in [-0.1, -0.05) is 6.07 Å². The Morgan fingerprint density at radius 1 is 1.00 bits per heavy atom. The van der Waals surface area contributed by atoms with Crippen molar-refractivity contribution in [1.29, 1.82) is 0 Å². The predicted molar refractivity (Wildman–Crippen MR) is 106 cm³/mol. The van der Waals surface area contributed by atoms with Crippen molar-refractivity contribution in [1.82, 2.24) is 4.31 Å². The molecule has 8 nitrogen and oxygen atoms in total. The zero-order valence-electron chi connectivity index (χ0n) is 17.5. The molecule has 14 heteroatoms. The average molecular weight is 508 g/mol. The highest BCUT2D eigenvalue weighted by molar-refractivity contribution is 7.89. The minimum absolute atomic E-state index is 0.119. The summed E-state index contributed by atoms with van der Waals surface area (Å²) in [5, 5.41) is 1.45. The number of nitrogens with zero attached hydrogens (tertiary/aromatic N) is 1. The number of aryl methyl sites for hydroxylation is 1. The summed E-state index contributed by atoms with van der Waals surface area (Å²) in [7, 11) is -3.96. The van der Waals surface area contributed by atoms with Gasteiger partial charge in [0.15, 0.2) is 29.9 Å². The molecule has 2 aromatic rings.